The first-order valence-corrected chi connectivity index (χ1v) is 8.04. The van der Waals surface area contributed by atoms with Crippen LogP contribution < -0.4 is 5.73 Å². The zero-order valence-electron chi connectivity index (χ0n) is 13.8. The number of nitrogens with two attached hydrogens (primary N) is 1. The van der Waals surface area contributed by atoms with E-state index in [4.69, 9.17) is 5.73 Å². The van der Waals surface area contributed by atoms with Gasteiger partial charge in [0.2, 0.25) is 0 Å². The number of hydrogen-bond acceptors (Lipinski definition) is 4. The number of amides is 1. The van der Waals surface area contributed by atoms with Crippen molar-refractivity contribution < 1.29 is 4.79 Å². The van der Waals surface area contributed by atoms with Crippen LogP contribution in [0.2, 0.25) is 0 Å². The number of aromatic nitrogens is 1. The second-order valence-electron chi connectivity index (χ2n) is 5.78. The Hall–Kier alpha value is -3.80. The van der Waals surface area contributed by atoms with E-state index in [0.717, 1.165) is 34.2 Å². The standard InChI is InChI=1S/C20H15N5O/c21-20(26)19-8-7-18(25-19)12-17-6-5-16(24-17)11-15-4-3-14(23-15)10-13-2-1-9-22-13/h1-12,25H,(H2,21,26). The number of aliphatic imine (C=N–C) groups is 3. The van der Waals surface area contributed by atoms with Gasteiger partial charge in [0.05, 0.1) is 28.5 Å². The molecule has 1 aromatic heterocycles. The summed E-state index contributed by atoms with van der Waals surface area (Å²) >= 11 is 0. The summed E-state index contributed by atoms with van der Waals surface area (Å²) in [4.78, 5) is 27.3. The van der Waals surface area contributed by atoms with E-state index in [2.05, 4.69) is 20.0 Å². The summed E-state index contributed by atoms with van der Waals surface area (Å²) in [6.07, 6.45) is 19.0. The molecule has 0 spiro atoms. The average molecular weight is 341 g/mol. The van der Waals surface area contributed by atoms with E-state index >= 15 is 0 Å². The highest BCUT2D eigenvalue weighted by molar-refractivity contribution is 6.11. The summed E-state index contributed by atoms with van der Waals surface area (Å²) in [5, 5.41) is 0. The monoisotopic (exact) mass is 341 g/mol. The molecule has 0 bridgehead atoms. The lowest BCUT2D eigenvalue weighted by Gasteiger charge is -1.92. The van der Waals surface area contributed by atoms with Crippen molar-refractivity contribution in [2.75, 3.05) is 0 Å². The highest BCUT2D eigenvalue weighted by Gasteiger charge is 2.08. The predicted octanol–water partition coefficient (Wildman–Crippen LogP) is 2.88. The molecule has 0 atom stereocenters. The Bertz CT molecular complexity index is 1040. The van der Waals surface area contributed by atoms with Gasteiger partial charge in [-0.2, -0.15) is 0 Å². The van der Waals surface area contributed by atoms with E-state index in [1.54, 1.807) is 18.3 Å². The second-order valence-corrected chi connectivity index (χ2v) is 5.78. The fraction of sp³-hybridized carbons (Fsp3) is 0. The van der Waals surface area contributed by atoms with Crippen LogP contribution in [0.25, 0.3) is 6.08 Å². The Morgan fingerprint density at radius 3 is 2.19 bits per heavy atom. The fourth-order valence-corrected chi connectivity index (χ4v) is 2.61. The van der Waals surface area contributed by atoms with Crippen molar-refractivity contribution in [3.63, 3.8) is 0 Å². The van der Waals surface area contributed by atoms with Gasteiger partial charge in [-0.1, -0.05) is 0 Å². The van der Waals surface area contributed by atoms with Gasteiger partial charge in [-0.3, -0.25) is 9.79 Å². The Morgan fingerprint density at radius 1 is 0.885 bits per heavy atom. The first-order chi connectivity index (χ1) is 12.7. The number of H-pyrrole nitrogens is 1. The predicted molar refractivity (Wildman–Crippen MR) is 104 cm³/mol. The molecule has 4 rings (SSSR count). The molecule has 0 radical (unpaired) electrons. The summed E-state index contributed by atoms with van der Waals surface area (Å²) in [7, 11) is 0. The third-order valence-corrected chi connectivity index (χ3v) is 3.81. The van der Waals surface area contributed by atoms with Gasteiger partial charge in [0.25, 0.3) is 5.91 Å². The zero-order valence-corrected chi connectivity index (χ0v) is 13.8. The number of carbonyl (C=O) groups excluding carboxylic acids is 1. The van der Waals surface area contributed by atoms with Crippen molar-refractivity contribution in [1.82, 2.24) is 4.98 Å². The van der Waals surface area contributed by atoms with E-state index in [9.17, 15) is 4.79 Å². The second kappa shape index (κ2) is 6.60. The smallest absolute Gasteiger partial charge is 0.265 e. The minimum Gasteiger partial charge on any atom is -0.364 e. The van der Waals surface area contributed by atoms with Gasteiger partial charge in [0.15, 0.2) is 0 Å². The third kappa shape index (κ3) is 3.49. The van der Waals surface area contributed by atoms with Crippen molar-refractivity contribution in [2.24, 2.45) is 20.7 Å². The summed E-state index contributed by atoms with van der Waals surface area (Å²) in [6.45, 7) is 0. The Labute approximate surface area is 150 Å². The van der Waals surface area contributed by atoms with Gasteiger partial charge < -0.3 is 10.7 Å². The normalized spacial score (nSPS) is 22.2. The molecule has 26 heavy (non-hydrogen) atoms. The van der Waals surface area contributed by atoms with Crippen LogP contribution in [0.1, 0.15) is 16.2 Å². The van der Waals surface area contributed by atoms with E-state index < -0.39 is 5.91 Å². The maximum atomic E-state index is 11.1. The van der Waals surface area contributed by atoms with Crippen molar-refractivity contribution in [2.45, 2.75) is 0 Å². The van der Waals surface area contributed by atoms with Crippen molar-refractivity contribution in [3.05, 3.63) is 89.2 Å². The van der Waals surface area contributed by atoms with Crippen LogP contribution in [0.4, 0.5) is 0 Å². The fourth-order valence-electron chi connectivity index (χ4n) is 2.61. The lowest BCUT2D eigenvalue weighted by Crippen LogP contribution is -2.10. The molecule has 3 N–H and O–H groups in total. The summed E-state index contributed by atoms with van der Waals surface area (Å²) in [5.74, 6) is -0.485. The number of rotatable bonds is 4. The van der Waals surface area contributed by atoms with Crippen LogP contribution >= 0.6 is 0 Å². The molecule has 0 saturated carbocycles. The Balaban J connectivity index is 1.49. The highest BCUT2D eigenvalue weighted by atomic mass is 16.1. The molecular weight excluding hydrogens is 326 g/mol. The van der Waals surface area contributed by atoms with E-state index in [0.29, 0.717) is 5.69 Å². The van der Waals surface area contributed by atoms with Gasteiger partial charge in [0, 0.05) is 11.9 Å². The number of nitrogens with zero attached hydrogens (tertiary/aromatic N) is 3. The maximum absolute atomic E-state index is 11.1. The molecule has 126 valence electrons. The number of allylic oxidation sites excluding steroid dienone is 8. The molecule has 0 unspecified atom stereocenters. The summed E-state index contributed by atoms with van der Waals surface area (Å²) < 4.78 is 0. The Morgan fingerprint density at radius 2 is 1.58 bits per heavy atom. The summed E-state index contributed by atoms with van der Waals surface area (Å²) in [5.41, 5.74) is 10.6. The van der Waals surface area contributed by atoms with Crippen molar-refractivity contribution in [1.29, 1.82) is 0 Å². The number of aromatic amines is 1. The molecule has 0 aliphatic carbocycles. The number of nitrogens with one attached hydrogen (secondary N) is 1. The maximum Gasteiger partial charge on any atom is 0.265 e. The van der Waals surface area contributed by atoms with Gasteiger partial charge in [-0.15, -0.1) is 0 Å². The summed E-state index contributed by atoms with van der Waals surface area (Å²) in [6, 6.07) is 3.44. The molecular formula is C20H15N5O. The zero-order chi connectivity index (χ0) is 17.9. The van der Waals surface area contributed by atoms with E-state index in [1.165, 1.54) is 0 Å². The topological polar surface area (TPSA) is 96.0 Å². The molecule has 3 aliphatic heterocycles. The number of primary amides is 1. The molecule has 0 saturated heterocycles. The molecule has 0 fully saturated rings. The van der Waals surface area contributed by atoms with Crippen molar-refractivity contribution >= 4 is 29.6 Å². The van der Waals surface area contributed by atoms with Crippen LogP contribution in [-0.2, 0) is 0 Å². The van der Waals surface area contributed by atoms with E-state index in [-0.39, 0.29) is 0 Å². The SMILES string of the molecule is NC(=O)c1ccc(C=C2C=CC(C=C3C=CC(C=C4C=CC=N4)=N3)=N2)[nH]1. The van der Waals surface area contributed by atoms with Crippen LogP contribution in [0.3, 0.4) is 0 Å². The minimum atomic E-state index is -0.485. The molecule has 4 heterocycles. The largest absolute Gasteiger partial charge is 0.364 e. The highest BCUT2D eigenvalue weighted by Crippen LogP contribution is 2.18. The first-order valence-electron chi connectivity index (χ1n) is 8.04. The van der Waals surface area contributed by atoms with Crippen LogP contribution in [0, 0.1) is 0 Å². The van der Waals surface area contributed by atoms with Gasteiger partial charge >= 0.3 is 0 Å². The Kier molecular flexibility index (Phi) is 3.99. The minimum absolute atomic E-state index is 0.374. The van der Waals surface area contributed by atoms with Gasteiger partial charge in [-0.05, 0) is 66.8 Å². The number of carbonyl (C=O) groups is 1. The van der Waals surface area contributed by atoms with Gasteiger partial charge in [-0.25, -0.2) is 9.98 Å². The first kappa shape index (κ1) is 15.7. The van der Waals surface area contributed by atoms with Crippen molar-refractivity contribution in [3.8, 4) is 0 Å². The average Bonchev–Trinajstić information content (AvgIpc) is 3.38. The molecule has 1 aromatic rings. The molecule has 0 aromatic carbocycles. The third-order valence-electron chi connectivity index (χ3n) is 3.81. The van der Waals surface area contributed by atoms with E-state index in [1.807, 2.05) is 54.7 Å². The molecule has 6 heteroatoms. The van der Waals surface area contributed by atoms with Crippen LogP contribution in [0.5, 0.6) is 0 Å². The lowest BCUT2D eigenvalue weighted by molar-refractivity contribution is 0.0996. The van der Waals surface area contributed by atoms with Gasteiger partial charge in [0.1, 0.15) is 5.69 Å². The van der Waals surface area contributed by atoms with Crippen LogP contribution in [0.15, 0.2) is 92.8 Å². The molecule has 6 nitrogen and oxygen atoms in total. The molecule has 1 amide bonds. The lowest BCUT2D eigenvalue weighted by atomic mass is 10.2. The quantitative estimate of drug-likeness (QED) is 0.865. The number of hydrogen-bond donors (Lipinski definition) is 2. The molecule has 3 aliphatic rings. The van der Waals surface area contributed by atoms with Crippen LogP contribution in [-0.4, -0.2) is 28.5 Å².